The van der Waals surface area contributed by atoms with Gasteiger partial charge in [-0.15, -0.1) is 0 Å². The maximum absolute atomic E-state index is 12.8. The topological polar surface area (TPSA) is 100 Å². The maximum atomic E-state index is 12.8. The number of anilines is 3. The second-order valence-electron chi connectivity index (χ2n) is 7.28. The zero-order valence-electron chi connectivity index (χ0n) is 17.6. The Labute approximate surface area is 192 Å². The van der Waals surface area contributed by atoms with Crippen LogP contribution in [0.4, 0.5) is 21.9 Å². The van der Waals surface area contributed by atoms with Crippen LogP contribution in [0.15, 0.2) is 103 Å². The zero-order chi connectivity index (χ0) is 23.1. The number of hydrogen-bond acceptors (Lipinski definition) is 4. The quantitative estimate of drug-likeness (QED) is 0.348. The van der Waals surface area contributed by atoms with Crippen LogP contribution >= 0.6 is 0 Å². The van der Waals surface area contributed by atoms with Gasteiger partial charge in [0.15, 0.2) is 0 Å². The van der Waals surface area contributed by atoms with Gasteiger partial charge in [0.2, 0.25) is 10.0 Å². The molecule has 2 amide bonds. The van der Waals surface area contributed by atoms with Gasteiger partial charge in [0, 0.05) is 29.3 Å². The van der Waals surface area contributed by atoms with Gasteiger partial charge in [-0.1, -0.05) is 60.7 Å². The second-order valence-corrected chi connectivity index (χ2v) is 9.01. The SMILES string of the molecule is O=C(Nc1ccncc1)Nc1ccc(CS(=O)(=O)Nc2ccccc2-c2ccccc2)cc1. The molecule has 3 N–H and O–H groups in total. The van der Waals surface area contributed by atoms with Crippen LogP contribution in [-0.2, 0) is 15.8 Å². The molecule has 1 aromatic heterocycles. The average molecular weight is 459 g/mol. The summed E-state index contributed by atoms with van der Waals surface area (Å²) < 4.78 is 28.3. The summed E-state index contributed by atoms with van der Waals surface area (Å²) in [4.78, 5) is 16.0. The molecule has 0 saturated heterocycles. The van der Waals surface area contributed by atoms with Gasteiger partial charge in [0.1, 0.15) is 0 Å². The van der Waals surface area contributed by atoms with Crippen LogP contribution < -0.4 is 15.4 Å². The highest BCUT2D eigenvalue weighted by molar-refractivity contribution is 7.91. The molecule has 166 valence electrons. The molecular weight excluding hydrogens is 436 g/mol. The van der Waals surface area contributed by atoms with Gasteiger partial charge in [-0.25, -0.2) is 13.2 Å². The minimum absolute atomic E-state index is 0.195. The van der Waals surface area contributed by atoms with Gasteiger partial charge in [0.05, 0.1) is 11.4 Å². The van der Waals surface area contributed by atoms with E-state index in [1.807, 2.05) is 42.5 Å². The van der Waals surface area contributed by atoms with E-state index in [2.05, 4.69) is 20.3 Å². The third kappa shape index (κ3) is 6.18. The lowest BCUT2D eigenvalue weighted by Gasteiger charge is -2.13. The Kier molecular flexibility index (Phi) is 6.66. The lowest BCUT2D eigenvalue weighted by Crippen LogP contribution is -2.19. The highest BCUT2D eigenvalue weighted by Gasteiger charge is 2.15. The van der Waals surface area contributed by atoms with Crippen molar-refractivity contribution in [2.24, 2.45) is 0 Å². The average Bonchev–Trinajstić information content (AvgIpc) is 2.81. The summed E-state index contributed by atoms with van der Waals surface area (Å²) in [6, 6.07) is 26.5. The van der Waals surface area contributed by atoms with Crippen LogP contribution in [0.1, 0.15) is 5.56 Å². The molecular formula is C25H22N4O3S. The molecule has 4 rings (SSSR count). The Hall–Kier alpha value is -4.17. The molecule has 0 atom stereocenters. The normalized spacial score (nSPS) is 10.9. The fourth-order valence-corrected chi connectivity index (χ4v) is 4.49. The number of benzene rings is 3. The molecule has 3 aromatic carbocycles. The minimum atomic E-state index is -3.65. The third-order valence-electron chi connectivity index (χ3n) is 4.78. The van der Waals surface area contributed by atoms with Crippen molar-refractivity contribution in [1.29, 1.82) is 0 Å². The van der Waals surface area contributed by atoms with Crippen molar-refractivity contribution in [1.82, 2.24) is 4.98 Å². The smallest absolute Gasteiger partial charge is 0.308 e. The van der Waals surface area contributed by atoms with Gasteiger partial charge in [-0.05, 0) is 41.5 Å². The molecule has 0 bridgehead atoms. The molecule has 7 nitrogen and oxygen atoms in total. The minimum Gasteiger partial charge on any atom is -0.308 e. The number of nitrogens with one attached hydrogen (secondary N) is 3. The van der Waals surface area contributed by atoms with E-state index < -0.39 is 16.1 Å². The number of nitrogens with zero attached hydrogens (tertiary/aromatic N) is 1. The first kappa shape index (κ1) is 22.0. The highest BCUT2D eigenvalue weighted by Crippen LogP contribution is 2.28. The van der Waals surface area contributed by atoms with Crippen LogP contribution in [0.25, 0.3) is 11.1 Å². The van der Waals surface area contributed by atoms with E-state index in [0.717, 1.165) is 11.1 Å². The van der Waals surface area contributed by atoms with Gasteiger partial charge >= 0.3 is 6.03 Å². The standard InChI is InChI=1S/C25H22N4O3S/c30-25(28-22-14-16-26-17-15-22)27-21-12-10-19(11-13-21)18-33(31,32)29-24-9-5-4-8-23(24)20-6-2-1-3-7-20/h1-17,29H,18H2,(H2,26,27,28,30). The Morgan fingerprint density at radius 2 is 1.33 bits per heavy atom. The number of amides is 2. The van der Waals surface area contributed by atoms with Crippen molar-refractivity contribution in [3.63, 3.8) is 0 Å². The number of carbonyl (C=O) groups is 1. The zero-order valence-corrected chi connectivity index (χ0v) is 18.4. The Balaban J connectivity index is 1.40. The van der Waals surface area contributed by atoms with E-state index in [1.54, 1.807) is 60.9 Å². The molecule has 1 heterocycles. The predicted octanol–water partition coefficient (Wildman–Crippen LogP) is 5.33. The number of carbonyl (C=O) groups excluding carboxylic acids is 1. The predicted molar refractivity (Wildman–Crippen MR) is 131 cm³/mol. The summed E-state index contributed by atoms with van der Waals surface area (Å²) in [5.41, 5.74) is 4.02. The van der Waals surface area contributed by atoms with Crippen molar-refractivity contribution >= 4 is 33.1 Å². The summed E-state index contributed by atoms with van der Waals surface area (Å²) in [5, 5.41) is 5.40. The summed E-state index contributed by atoms with van der Waals surface area (Å²) in [7, 11) is -3.65. The molecule has 0 unspecified atom stereocenters. The van der Waals surface area contributed by atoms with Gasteiger partial charge in [-0.3, -0.25) is 9.71 Å². The van der Waals surface area contributed by atoms with E-state index in [1.165, 1.54) is 0 Å². The first-order valence-electron chi connectivity index (χ1n) is 10.2. The maximum Gasteiger partial charge on any atom is 0.323 e. The van der Waals surface area contributed by atoms with Crippen LogP contribution in [0.5, 0.6) is 0 Å². The summed E-state index contributed by atoms with van der Waals surface area (Å²) in [6.45, 7) is 0. The number of urea groups is 1. The lowest BCUT2D eigenvalue weighted by molar-refractivity contribution is 0.262. The van der Waals surface area contributed by atoms with Crippen molar-refractivity contribution in [2.75, 3.05) is 15.4 Å². The fraction of sp³-hybridized carbons (Fsp3) is 0.0400. The molecule has 0 aliphatic carbocycles. The molecule has 0 fully saturated rings. The van der Waals surface area contributed by atoms with E-state index in [0.29, 0.717) is 22.6 Å². The molecule has 0 spiro atoms. The number of rotatable bonds is 7. The number of sulfonamides is 1. The van der Waals surface area contributed by atoms with Gasteiger partial charge < -0.3 is 10.6 Å². The van der Waals surface area contributed by atoms with Gasteiger partial charge in [0.25, 0.3) is 0 Å². The van der Waals surface area contributed by atoms with Crippen LogP contribution in [0.3, 0.4) is 0 Å². The highest BCUT2D eigenvalue weighted by atomic mass is 32.2. The monoisotopic (exact) mass is 458 g/mol. The van der Waals surface area contributed by atoms with Crippen LogP contribution in [0.2, 0.25) is 0 Å². The molecule has 0 saturated carbocycles. The molecule has 33 heavy (non-hydrogen) atoms. The fourth-order valence-electron chi connectivity index (χ4n) is 3.28. The van der Waals surface area contributed by atoms with Crippen LogP contribution in [0, 0.1) is 0 Å². The molecule has 0 aliphatic heterocycles. The third-order valence-corrected chi connectivity index (χ3v) is 6.03. The number of pyridine rings is 1. The molecule has 8 heteroatoms. The van der Waals surface area contributed by atoms with Crippen LogP contribution in [-0.4, -0.2) is 19.4 Å². The summed E-state index contributed by atoms with van der Waals surface area (Å²) in [6.07, 6.45) is 3.16. The first-order valence-corrected chi connectivity index (χ1v) is 11.9. The van der Waals surface area contributed by atoms with Crippen molar-refractivity contribution in [3.8, 4) is 11.1 Å². The number of para-hydroxylation sites is 1. The largest absolute Gasteiger partial charge is 0.323 e. The Morgan fingerprint density at radius 1 is 0.727 bits per heavy atom. The lowest BCUT2D eigenvalue weighted by atomic mass is 10.0. The summed E-state index contributed by atoms with van der Waals surface area (Å²) >= 11 is 0. The number of aromatic nitrogens is 1. The Morgan fingerprint density at radius 3 is 2.03 bits per heavy atom. The van der Waals surface area contributed by atoms with Gasteiger partial charge in [-0.2, -0.15) is 0 Å². The molecule has 0 radical (unpaired) electrons. The van der Waals surface area contributed by atoms with Crippen molar-refractivity contribution < 1.29 is 13.2 Å². The molecule has 0 aliphatic rings. The van der Waals surface area contributed by atoms with E-state index in [-0.39, 0.29) is 5.75 Å². The first-order chi connectivity index (χ1) is 16.0. The van der Waals surface area contributed by atoms with Crippen molar-refractivity contribution in [2.45, 2.75) is 5.75 Å². The van der Waals surface area contributed by atoms with E-state index in [9.17, 15) is 13.2 Å². The summed E-state index contributed by atoms with van der Waals surface area (Å²) in [5.74, 6) is -0.195. The van der Waals surface area contributed by atoms with E-state index >= 15 is 0 Å². The van der Waals surface area contributed by atoms with E-state index in [4.69, 9.17) is 0 Å². The number of hydrogen-bond donors (Lipinski definition) is 3. The van der Waals surface area contributed by atoms with Crippen molar-refractivity contribution in [3.05, 3.63) is 109 Å². The molecule has 4 aromatic rings. The Bertz CT molecular complexity index is 1330. The second kappa shape index (κ2) is 9.97.